The van der Waals surface area contributed by atoms with E-state index in [0.29, 0.717) is 19.3 Å². The molecule has 0 amide bonds. The number of ether oxygens (including phenoxy) is 2. The Bertz CT molecular complexity index is 1300. The van der Waals surface area contributed by atoms with E-state index in [0.717, 1.165) is 29.4 Å². The summed E-state index contributed by atoms with van der Waals surface area (Å²) in [7, 11) is -0.0626. The molecule has 3 heteroatoms. The lowest BCUT2D eigenvalue weighted by atomic mass is 9.55. The van der Waals surface area contributed by atoms with Crippen LogP contribution in [0.5, 0.6) is 5.75 Å². The van der Waals surface area contributed by atoms with Crippen molar-refractivity contribution in [2.45, 2.75) is 52.1 Å². The van der Waals surface area contributed by atoms with Gasteiger partial charge in [-0.15, -0.1) is 0 Å². The number of aryl methyl sites for hydroxylation is 2. The number of fused-ring (bicyclic) bond motifs is 3. The van der Waals surface area contributed by atoms with Crippen molar-refractivity contribution in [1.82, 2.24) is 0 Å². The Morgan fingerprint density at radius 3 is 1.83 bits per heavy atom. The SMILES string of the molecule is Cc1cc(-[s+]2c3ccccc3c3ccccc32)cc(C)c1OCCOC1C2CC3CC(C2)CC1C3. The van der Waals surface area contributed by atoms with Crippen LogP contribution in [0.25, 0.3) is 25.1 Å². The molecule has 2 nitrogen and oxygen atoms in total. The van der Waals surface area contributed by atoms with E-state index in [9.17, 15) is 0 Å². The van der Waals surface area contributed by atoms with E-state index in [2.05, 4.69) is 74.5 Å². The molecule has 8 rings (SSSR count). The van der Waals surface area contributed by atoms with Gasteiger partial charge in [0.1, 0.15) is 12.4 Å². The van der Waals surface area contributed by atoms with Crippen LogP contribution >= 0.6 is 10.5 Å². The number of rotatable bonds is 6. The van der Waals surface area contributed by atoms with Crippen LogP contribution in [0.3, 0.4) is 0 Å². The summed E-state index contributed by atoms with van der Waals surface area (Å²) in [5, 5.41) is 2.76. The molecule has 180 valence electrons. The largest absolute Gasteiger partial charge is 0.491 e. The van der Waals surface area contributed by atoms with Crippen molar-refractivity contribution in [3.8, 4) is 10.6 Å². The fraction of sp³-hybridized carbons (Fsp3) is 0.438. The highest BCUT2D eigenvalue weighted by atomic mass is 32.2. The van der Waals surface area contributed by atoms with Crippen molar-refractivity contribution >= 4 is 30.6 Å². The van der Waals surface area contributed by atoms with Crippen LogP contribution in [-0.4, -0.2) is 19.3 Å². The number of benzene rings is 3. The van der Waals surface area contributed by atoms with E-state index in [1.807, 2.05) is 0 Å². The van der Waals surface area contributed by atoms with E-state index >= 15 is 0 Å². The fourth-order valence-electron chi connectivity index (χ4n) is 7.84. The standard InChI is InChI=1S/C32H35O2S/c1-20-13-26(35-29-9-5-3-7-27(29)28-8-4-6-10-30(28)35)14-21(2)31(20)33-11-12-34-32-24-16-22-15-23(18-24)19-25(32)17-22/h3-10,13-14,22-25,32H,11-12,15-19H2,1-2H3/q+1. The second kappa shape index (κ2) is 8.64. The molecule has 3 aromatic carbocycles. The van der Waals surface area contributed by atoms with Gasteiger partial charge >= 0.3 is 0 Å². The van der Waals surface area contributed by atoms with Gasteiger partial charge in [-0.25, -0.2) is 0 Å². The summed E-state index contributed by atoms with van der Waals surface area (Å²) in [6.07, 6.45) is 7.62. The molecule has 0 spiro atoms. The maximum absolute atomic E-state index is 6.48. The Morgan fingerprint density at radius 1 is 0.714 bits per heavy atom. The van der Waals surface area contributed by atoms with Gasteiger partial charge in [-0.1, -0.05) is 24.3 Å². The second-order valence-electron chi connectivity index (χ2n) is 11.3. The molecular formula is C32H35O2S+. The third-order valence-corrected chi connectivity index (χ3v) is 11.3. The first-order valence-electron chi connectivity index (χ1n) is 13.4. The molecule has 0 atom stereocenters. The van der Waals surface area contributed by atoms with Gasteiger partial charge in [0, 0.05) is 33.4 Å². The van der Waals surface area contributed by atoms with Crippen LogP contribution in [-0.2, 0) is 4.74 Å². The fourth-order valence-corrected chi connectivity index (χ4v) is 10.4. The first kappa shape index (κ1) is 21.9. The van der Waals surface area contributed by atoms with Crippen LogP contribution in [0.4, 0.5) is 0 Å². The number of hydrogen-bond donors (Lipinski definition) is 0. The van der Waals surface area contributed by atoms with Crippen LogP contribution in [0, 0.1) is 37.5 Å². The molecule has 0 aliphatic heterocycles. The second-order valence-corrected chi connectivity index (χ2v) is 13.3. The van der Waals surface area contributed by atoms with Crippen LogP contribution in [0.2, 0.25) is 0 Å². The first-order valence-corrected chi connectivity index (χ1v) is 14.7. The van der Waals surface area contributed by atoms with E-state index in [1.54, 1.807) is 0 Å². The zero-order valence-electron chi connectivity index (χ0n) is 20.8. The van der Waals surface area contributed by atoms with Crippen molar-refractivity contribution < 1.29 is 9.47 Å². The summed E-state index contributed by atoms with van der Waals surface area (Å²) in [5.41, 5.74) is 2.45. The summed E-state index contributed by atoms with van der Waals surface area (Å²) in [6.45, 7) is 5.74. The van der Waals surface area contributed by atoms with Crippen LogP contribution in [0.1, 0.15) is 43.2 Å². The minimum atomic E-state index is -0.0626. The molecule has 4 aromatic rings. The molecule has 4 bridgehead atoms. The zero-order chi connectivity index (χ0) is 23.5. The highest BCUT2D eigenvalue weighted by molar-refractivity contribution is 7.50. The third kappa shape index (κ3) is 3.70. The summed E-state index contributed by atoms with van der Waals surface area (Å²) in [5.74, 6) is 4.65. The van der Waals surface area contributed by atoms with E-state index in [1.165, 1.54) is 68.3 Å². The average molecular weight is 484 g/mol. The van der Waals surface area contributed by atoms with Crippen LogP contribution in [0.15, 0.2) is 60.7 Å². The predicted molar refractivity (Wildman–Crippen MR) is 147 cm³/mol. The molecular weight excluding hydrogens is 448 g/mol. The smallest absolute Gasteiger partial charge is 0.187 e. The Kier molecular flexibility index (Phi) is 5.40. The molecule has 0 unspecified atom stereocenters. The molecule has 0 radical (unpaired) electrons. The zero-order valence-corrected chi connectivity index (χ0v) is 21.7. The first-order chi connectivity index (χ1) is 17.2. The summed E-state index contributed by atoms with van der Waals surface area (Å²) < 4.78 is 15.7. The Labute approximate surface area is 211 Å². The lowest BCUT2D eigenvalue weighted by molar-refractivity contribution is -0.129. The minimum Gasteiger partial charge on any atom is -0.491 e. The molecule has 4 aliphatic rings. The van der Waals surface area contributed by atoms with Crippen molar-refractivity contribution in [3.05, 3.63) is 71.8 Å². The highest BCUT2D eigenvalue weighted by Crippen LogP contribution is 2.54. The van der Waals surface area contributed by atoms with Gasteiger partial charge in [-0.2, -0.15) is 0 Å². The number of thiophene rings is 1. The van der Waals surface area contributed by atoms with E-state index < -0.39 is 0 Å². The van der Waals surface area contributed by atoms with Gasteiger partial charge in [0.2, 0.25) is 0 Å². The van der Waals surface area contributed by atoms with Gasteiger partial charge in [0.15, 0.2) is 14.3 Å². The van der Waals surface area contributed by atoms with E-state index in [-0.39, 0.29) is 10.5 Å². The average Bonchev–Trinajstić information content (AvgIpc) is 3.18. The summed E-state index contributed by atoms with van der Waals surface area (Å²) >= 11 is 0. The lowest BCUT2D eigenvalue weighted by Crippen LogP contribution is -2.49. The molecule has 0 saturated heterocycles. The quantitative estimate of drug-likeness (QED) is 0.202. The van der Waals surface area contributed by atoms with Gasteiger partial charge in [-0.05, 0) is 105 Å². The van der Waals surface area contributed by atoms with Crippen molar-refractivity contribution in [1.29, 1.82) is 0 Å². The van der Waals surface area contributed by atoms with Crippen molar-refractivity contribution in [2.75, 3.05) is 13.2 Å². The van der Waals surface area contributed by atoms with Gasteiger partial charge in [0.05, 0.1) is 12.7 Å². The van der Waals surface area contributed by atoms with Gasteiger partial charge < -0.3 is 9.47 Å². The highest BCUT2D eigenvalue weighted by Gasteiger charge is 2.48. The summed E-state index contributed by atoms with van der Waals surface area (Å²) in [4.78, 5) is 1.38. The molecule has 35 heavy (non-hydrogen) atoms. The molecule has 1 heterocycles. The lowest BCUT2D eigenvalue weighted by Gasteiger charge is -2.54. The number of hydrogen-bond acceptors (Lipinski definition) is 2. The topological polar surface area (TPSA) is 18.5 Å². The predicted octanol–water partition coefficient (Wildman–Crippen LogP) is 8.57. The van der Waals surface area contributed by atoms with Crippen LogP contribution < -0.4 is 4.74 Å². The normalized spacial score (nSPS) is 27.2. The minimum absolute atomic E-state index is 0.0626. The third-order valence-electron chi connectivity index (χ3n) is 8.95. The molecule has 4 aliphatic carbocycles. The van der Waals surface area contributed by atoms with Crippen molar-refractivity contribution in [2.24, 2.45) is 23.7 Å². The Balaban J connectivity index is 1.09. The van der Waals surface area contributed by atoms with E-state index in [4.69, 9.17) is 9.47 Å². The Morgan fingerprint density at radius 2 is 1.26 bits per heavy atom. The maximum Gasteiger partial charge on any atom is 0.187 e. The van der Waals surface area contributed by atoms with Crippen molar-refractivity contribution in [3.63, 3.8) is 0 Å². The van der Waals surface area contributed by atoms with Gasteiger partial charge in [-0.3, -0.25) is 0 Å². The van der Waals surface area contributed by atoms with Gasteiger partial charge in [0.25, 0.3) is 0 Å². The maximum atomic E-state index is 6.48. The molecule has 4 saturated carbocycles. The Hall–Kier alpha value is -2.36. The molecule has 1 aromatic heterocycles. The monoisotopic (exact) mass is 483 g/mol. The molecule has 0 N–H and O–H groups in total. The summed E-state index contributed by atoms with van der Waals surface area (Å²) in [6, 6.07) is 22.5. The molecule has 4 fully saturated rings.